The van der Waals surface area contributed by atoms with Crippen molar-refractivity contribution in [2.75, 3.05) is 23.8 Å². The van der Waals surface area contributed by atoms with Crippen molar-refractivity contribution in [3.05, 3.63) is 64.7 Å². The second-order valence-electron chi connectivity index (χ2n) is 6.68. The summed E-state index contributed by atoms with van der Waals surface area (Å²) in [4.78, 5) is 11.5. The fourth-order valence-electron chi connectivity index (χ4n) is 2.57. The van der Waals surface area contributed by atoms with Gasteiger partial charge >= 0.3 is 18.4 Å². The zero-order valence-corrected chi connectivity index (χ0v) is 17.4. The Hall–Kier alpha value is -3.28. The Bertz CT molecular complexity index is 1080. The predicted octanol–water partition coefficient (Wildman–Crippen LogP) is 5.88. The molecule has 0 aliphatic heterocycles. The molecule has 0 unspecified atom stereocenters. The molecular weight excluding hydrogens is 476 g/mol. The number of alkyl halides is 6. The van der Waals surface area contributed by atoms with Crippen LogP contribution in [-0.2, 0) is 12.6 Å². The molecule has 0 fully saturated rings. The Morgan fingerprint density at radius 1 is 0.879 bits per heavy atom. The maximum Gasteiger partial charge on any atom is 0.422 e. The van der Waals surface area contributed by atoms with Crippen molar-refractivity contribution in [3.8, 4) is 6.01 Å². The normalized spacial score (nSPS) is 11.8. The second kappa shape index (κ2) is 10.1. The molecule has 0 amide bonds. The molecule has 1 heterocycles. The highest BCUT2D eigenvalue weighted by molar-refractivity contribution is 6.30. The summed E-state index contributed by atoms with van der Waals surface area (Å²) in [5.41, 5.74) is -0.0156. The van der Waals surface area contributed by atoms with E-state index in [1.54, 1.807) is 24.3 Å². The standard InChI is InChI=1S/C20H16ClF6N5O/c21-14-6-4-12(5-7-14)8-9-28-16-30-17(32-18(31-16)33-11-19(22,23)24)29-15-3-1-2-13(10-15)20(25,26)27/h1-7,10H,8-9,11H2,(H2,28,29,30,31,32). The molecule has 0 aliphatic carbocycles. The van der Waals surface area contributed by atoms with E-state index in [1.165, 1.54) is 12.1 Å². The van der Waals surface area contributed by atoms with E-state index in [-0.39, 0.29) is 17.6 Å². The number of ether oxygens (including phenoxy) is 1. The third-order valence-electron chi connectivity index (χ3n) is 4.04. The van der Waals surface area contributed by atoms with Gasteiger partial charge < -0.3 is 15.4 Å². The van der Waals surface area contributed by atoms with E-state index < -0.39 is 30.5 Å². The summed E-state index contributed by atoms with van der Waals surface area (Å²) < 4.78 is 81.0. The van der Waals surface area contributed by atoms with Gasteiger partial charge in [0.15, 0.2) is 6.61 Å². The lowest BCUT2D eigenvalue weighted by molar-refractivity contribution is -0.154. The molecule has 13 heteroatoms. The summed E-state index contributed by atoms with van der Waals surface area (Å²) >= 11 is 5.83. The van der Waals surface area contributed by atoms with Gasteiger partial charge in [-0.1, -0.05) is 29.8 Å². The van der Waals surface area contributed by atoms with Crippen LogP contribution >= 0.6 is 11.6 Å². The van der Waals surface area contributed by atoms with E-state index in [4.69, 9.17) is 11.6 Å². The Balaban J connectivity index is 1.77. The Labute approximate surface area is 189 Å². The average molecular weight is 492 g/mol. The van der Waals surface area contributed by atoms with E-state index in [0.717, 1.165) is 17.7 Å². The maximum absolute atomic E-state index is 12.9. The lowest BCUT2D eigenvalue weighted by Gasteiger charge is -2.13. The highest BCUT2D eigenvalue weighted by atomic mass is 35.5. The van der Waals surface area contributed by atoms with Crippen molar-refractivity contribution in [2.24, 2.45) is 0 Å². The fourth-order valence-corrected chi connectivity index (χ4v) is 2.70. The van der Waals surface area contributed by atoms with Crippen LogP contribution in [0.1, 0.15) is 11.1 Å². The summed E-state index contributed by atoms with van der Waals surface area (Å²) in [7, 11) is 0. The molecule has 1 aromatic heterocycles. The van der Waals surface area contributed by atoms with Crippen molar-refractivity contribution < 1.29 is 31.1 Å². The van der Waals surface area contributed by atoms with E-state index in [1.807, 2.05) is 0 Å². The fraction of sp³-hybridized carbons (Fsp3) is 0.250. The van der Waals surface area contributed by atoms with E-state index in [0.29, 0.717) is 18.0 Å². The first-order valence-corrected chi connectivity index (χ1v) is 9.74. The molecule has 2 N–H and O–H groups in total. The highest BCUT2D eigenvalue weighted by Gasteiger charge is 2.31. The van der Waals surface area contributed by atoms with Crippen LogP contribution in [0.15, 0.2) is 48.5 Å². The number of hydrogen-bond acceptors (Lipinski definition) is 6. The van der Waals surface area contributed by atoms with Gasteiger partial charge in [0, 0.05) is 17.3 Å². The second-order valence-corrected chi connectivity index (χ2v) is 7.11. The first-order chi connectivity index (χ1) is 15.5. The van der Waals surface area contributed by atoms with Crippen LogP contribution in [0.4, 0.5) is 43.9 Å². The lowest BCUT2D eigenvalue weighted by atomic mass is 10.1. The molecule has 0 bridgehead atoms. The Kier molecular flexibility index (Phi) is 7.46. The van der Waals surface area contributed by atoms with Crippen molar-refractivity contribution in [3.63, 3.8) is 0 Å². The van der Waals surface area contributed by atoms with Crippen LogP contribution in [-0.4, -0.2) is 34.3 Å². The van der Waals surface area contributed by atoms with Crippen molar-refractivity contribution in [1.82, 2.24) is 15.0 Å². The van der Waals surface area contributed by atoms with Crippen LogP contribution in [0.25, 0.3) is 0 Å². The molecule has 0 spiro atoms. The van der Waals surface area contributed by atoms with Gasteiger partial charge in [-0.05, 0) is 42.3 Å². The molecule has 3 aromatic rings. The Morgan fingerprint density at radius 3 is 2.24 bits per heavy atom. The first-order valence-electron chi connectivity index (χ1n) is 9.36. The monoisotopic (exact) mass is 491 g/mol. The van der Waals surface area contributed by atoms with Crippen molar-refractivity contribution >= 4 is 29.2 Å². The summed E-state index contributed by atoms with van der Waals surface area (Å²) in [6, 6.07) is 10.5. The smallest absolute Gasteiger partial charge is 0.422 e. The summed E-state index contributed by atoms with van der Waals surface area (Å²) in [6.45, 7) is -1.35. The first kappa shape index (κ1) is 24.4. The number of benzene rings is 2. The zero-order chi connectivity index (χ0) is 24.1. The van der Waals surface area contributed by atoms with Gasteiger partial charge in [-0.3, -0.25) is 0 Å². The van der Waals surface area contributed by atoms with E-state index >= 15 is 0 Å². The molecule has 6 nitrogen and oxygen atoms in total. The third kappa shape index (κ3) is 7.97. The third-order valence-corrected chi connectivity index (χ3v) is 4.29. The SMILES string of the molecule is FC(F)(F)COc1nc(NCCc2ccc(Cl)cc2)nc(Nc2cccc(C(F)(F)F)c2)n1. The molecule has 33 heavy (non-hydrogen) atoms. The van der Waals surface area contributed by atoms with Gasteiger partial charge in [-0.25, -0.2) is 0 Å². The molecule has 0 aliphatic rings. The number of rotatable bonds is 8. The van der Waals surface area contributed by atoms with Gasteiger partial charge in [0.05, 0.1) is 5.56 Å². The minimum Gasteiger partial charge on any atom is -0.454 e. The van der Waals surface area contributed by atoms with Crippen LogP contribution in [0.5, 0.6) is 6.01 Å². The number of nitrogens with one attached hydrogen (secondary N) is 2. The lowest BCUT2D eigenvalue weighted by Crippen LogP contribution is -2.21. The molecule has 2 aromatic carbocycles. The topological polar surface area (TPSA) is 72.0 Å². The highest BCUT2D eigenvalue weighted by Crippen LogP contribution is 2.31. The molecule has 0 saturated heterocycles. The zero-order valence-electron chi connectivity index (χ0n) is 16.6. The van der Waals surface area contributed by atoms with E-state index in [2.05, 4.69) is 30.3 Å². The van der Waals surface area contributed by atoms with Gasteiger partial charge in [-0.15, -0.1) is 0 Å². The molecule has 0 saturated carbocycles. The number of halogens is 7. The largest absolute Gasteiger partial charge is 0.454 e. The van der Waals surface area contributed by atoms with Gasteiger partial charge in [0.2, 0.25) is 11.9 Å². The van der Waals surface area contributed by atoms with E-state index in [9.17, 15) is 26.3 Å². The van der Waals surface area contributed by atoms with Gasteiger partial charge in [-0.2, -0.15) is 41.3 Å². The molecule has 176 valence electrons. The van der Waals surface area contributed by atoms with Crippen molar-refractivity contribution in [1.29, 1.82) is 0 Å². The molecule has 3 rings (SSSR count). The number of nitrogens with zero attached hydrogens (tertiary/aromatic N) is 3. The average Bonchev–Trinajstić information content (AvgIpc) is 2.73. The van der Waals surface area contributed by atoms with Crippen LogP contribution in [0, 0.1) is 0 Å². The minimum absolute atomic E-state index is 0.0232. The Morgan fingerprint density at radius 2 is 1.58 bits per heavy atom. The van der Waals surface area contributed by atoms with Crippen LogP contribution in [0.3, 0.4) is 0 Å². The number of anilines is 3. The maximum atomic E-state index is 12.9. The summed E-state index contributed by atoms with van der Waals surface area (Å²) in [6.07, 6.45) is -8.70. The quantitative estimate of drug-likeness (QED) is 0.383. The number of aromatic nitrogens is 3. The van der Waals surface area contributed by atoms with Crippen LogP contribution < -0.4 is 15.4 Å². The molecular formula is C20H16ClF6N5O. The predicted molar refractivity (Wildman–Crippen MR) is 110 cm³/mol. The summed E-state index contributed by atoms with van der Waals surface area (Å²) in [5.74, 6) is -0.416. The number of hydrogen-bond donors (Lipinski definition) is 2. The van der Waals surface area contributed by atoms with Gasteiger partial charge in [0.1, 0.15) is 0 Å². The molecule has 0 atom stereocenters. The van der Waals surface area contributed by atoms with Crippen molar-refractivity contribution in [2.45, 2.75) is 18.8 Å². The molecule has 0 radical (unpaired) electrons. The minimum atomic E-state index is -4.64. The van der Waals surface area contributed by atoms with Gasteiger partial charge in [0.25, 0.3) is 0 Å². The summed E-state index contributed by atoms with van der Waals surface area (Å²) in [5, 5.41) is 5.93. The van der Waals surface area contributed by atoms with Crippen LogP contribution in [0.2, 0.25) is 5.02 Å².